The van der Waals surface area contributed by atoms with Crippen molar-refractivity contribution in [2.24, 2.45) is 0 Å². The third kappa shape index (κ3) is 3.19. The maximum absolute atomic E-state index is 11.9. The normalized spacial score (nSPS) is 27.8. The van der Waals surface area contributed by atoms with Crippen molar-refractivity contribution in [2.75, 3.05) is 32.7 Å². The van der Waals surface area contributed by atoms with Gasteiger partial charge in [0.05, 0.1) is 0 Å². The maximum atomic E-state index is 11.9. The number of hydrogen-bond donors (Lipinski definition) is 1. The average molecular weight is 239 g/mol. The molecule has 0 aliphatic carbocycles. The molecule has 2 heterocycles. The predicted molar refractivity (Wildman–Crippen MR) is 68.9 cm³/mol. The Balaban J connectivity index is 1.92. The van der Waals surface area contributed by atoms with Gasteiger partial charge in [0.15, 0.2) is 0 Å². The van der Waals surface area contributed by atoms with Crippen LogP contribution in [-0.4, -0.2) is 60.5 Å². The number of amides is 1. The second kappa shape index (κ2) is 5.83. The molecule has 0 aromatic heterocycles. The zero-order valence-electron chi connectivity index (χ0n) is 11.1. The third-order valence-corrected chi connectivity index (χ3v) is 3.94. The first kappa shape index (κ1) is 12.8. The molecule has 2 rings (SSSR count). The van der Waals surface area contributed by atoms with Gasteiger partial charge in [-0.15, -0.1) is 0 Å². The molecular weight excluding hydrogens is 214 g/mol. The number of rotatable bonds is 3. The Morgan fingerprint density at radius 3 is 2.94 bits per heavy atom. The van der Waals surface area contributed by atoms with Crippen molar-refractivity contribution in [2.45, 2.75) is 45.2 Å². The smallest absolute Gasteiger partial charge is 0.223 e. The van der Waals surface area contributed by atoms with Crippen molar-refractivity contribution in [3.8, 4) is 0 Å². The summed E-state index contributed by atoms with van der Waals surface area (Å²) in [5.74, 6) is 0.325. The van der Waals surface area contributed by atoms with E-state index in [9.17, 15) is 4.79 Å². The Bertz CT molecular complexity index is 267. The van der Waals surface area contributed by atoms with E-state index in [1.54, 1.807) is 0 Å². The first-order chi connectivity index (χ1) is 8.18. The van der Waals surface area contributed by atoms with Crippen molar-refractivity contribution in [3.63, 3.8) is 0 Å². The minimum absolute atomic E-state index is 0.325. The van der Waals surface area contributed by atoms with Crippen LogP contribution in [0.15, 0.2) is 0 Å². The van der Waals surface area contributed by atoms with E-state index >= 15 is 0 Å². The third-order valence-electron chi connectivity index (χ3n) is 3.94. The highest BCUT2D eigenvalue weighted by molar-refractivity contribution is 5.76. The SMILES string of the molecule is CC(C)N1CCCC1CN1CCNCCC1=O. The Morgan fingerprint density at radius 1 is 1.35 bits per heavy atom. The number of hydrogen-bond acceptors (Lipinski definition) is 3. The monoisotopic (exact) mass is 239 g/mol. The molecule has 4 nitrogen and oxygen atoms in total. The highest BCUT2D eigenvalue weighted by Crippen LogP contribution is 2.21. The zero-order chi connectivity index (χ0) is 12.3. The molecule has 2 fully saturated rings. The van der Waals surface area contributed by atoms with Crippen LogP contribution in [0.2, 0.25) is 0 Å². The van der Waals surface area contributed by atoms with Gasteiger partial charge in [0.1, 0.15) is 0 Å². The highest BCUT2D eigenvalue weighted by Gasteiger charge is 2.29. The fourth-order valence-corrected chi connectivity index (χ4v) is 3.00. The maximum Gasteiger partial charge on any atom is 0.223 e. The van der Waals surface area contributed by atoms with Crippen LogP contribution in [0.5, 0.6) is 0 Å². The molecule has 98 valence electrons. The summed E-state index contributed by atoms with van der Waals surface area (Å²) in [4.78, 5) is 16.6. The lowest BCUT2D eigenvalue weighted by molar-refractivity contribution is -0.131. The van der Waals surface area contributed by atoms with Crippen molar-refractivity contribution in [3.05, 3.63) is 0 Å². The van der Waals surface area contributed by atoms with Gasteiger partial charge >= 0.3 is 0 Å². The van der Waals surface area contributed by atoms with Gasteiger partial charge in [-0.05, 0) is 33.2 Å². The summed E-state index contributed by atoms with van der Waals surface area (Å²) >= 11 is 0. The molecule has 2 aliphatic rings. The first-order valence-corrected chi connectivity index (χ1v) is 6.92. The number of likely N-dealkylation sites (tertiary alicyclic amines) is 1. The lowest BCUT2D eigenvalue weighted by atomic mass is 10.2. The fraction of sp³-hybridized carbons (Fsp3) is 0.923. The number of carbonyl (C=O) groups is 1. The highest BCUT2D eigenvalue weighted by atomic mass is 16.2. The minimum Gasteiger partial charge on any atom is -0.340 e. The average Bonchev–Trinajstić information content (AvgIpc) is 2.66. The standard InChI is InChI=1S/C13H25N3O/c1-11(2)16-8-3-4-12(16)10-15-9-7-14-6-5-13(15)17/h11-12,14H,3-10H2,1-2H3. The van der Waals surface area contributed by atoms with Crippen LogP contribution in [0, 0.1) is 0 Å². The summed E-state index contributed by atoms with van der Waals surface area (Å²) in [5.41, 5.74) is 0. The predicted octanol–water partition coefficient (Wildman–Crippen LogP) is 0.681. The van der Waals surface area contributed by atoms with E-state index in [0.717, 1.165) is 26.2 Å². The van der Waals surface area contributed by atoms with Gasteiger partial charge in [0, 0.05) is 44.7 Å². The van der Waals surface area contributed by atoms with E-state index in [2.05, 4.69) is 29.0 Å². The second-order valence-corrected chi connectivity index (χ2v) is 5.47. The molecule has 17 heavy (non-hydrogen) atoms. The van der Waals surface area contributed by atoms with Crippen molar-refractivity contribution < 1.29 is 4.79 Å². The van der Waals surface area contributed by atoms with Gasteiger partial charge in [-0.1, -0.05) is 0 Å². The Labute approximate surface area is 104 Å². The molecule has 1 unspecified atom stereocenters. The van der Waals surface area contributed by atoms with Crippen LogP contribution in [-0.2, 0) is 4.79 Å². The van der Waals surface area contributed by atoms with Gasteiger partial charge in [0.25, 0.3) is 0 Å². The molecular formula is C13H25N3O. The van der Waals surface area contributed by atoms with Gasteiger partial charge in [0.2, 0.25) is 5.91 Å². The van der Waals surface area contributed by atoms with Crippen LogP contribution >= 0.6 is 0 Å². The molecule has 0 aromatic carbocycles. The van der Waals surface area contributed by atoms with Crippen LogP contribution in [0.4, 0.5) is 0 Å². The van der Waals surface area contributed by atoms with E-state index in [1.807, 2.05) is 0 Å². The topological polar surface area (TPSA) is 35.6 Å². The van der Waals surface area contributed by atoms with Crippen LogP contribution in [0.25, 0.3) is 0 Å². The minimum atomic E-state index is 0.325. The number of nitrogens with one attached hydrogen (secondary N) is 1. The largest absolute Gasteiger partial charge is 0.340 e. The number of carbonyl (C=O) groups excluding carboxylic acids is 1. The molecule has 1 amide bonds. The van der Waals surface area contributed by atoms with E-state index in [4.69, 9.17) is 0 Å². The molecule has 2 aliphatic heterocycles. The van der Waals surface area contributed by atoms with Gasteiger partial charge in [-0.25, -0.2) is 0 Å². The molecule has 4 heteroatoms. The van der Waals surface area contributed by atoms with Gasteiger partial charge in [-0.3, -0.25) is 9.69 Å². The zero-order valence-corrected chi connectivity index (χ0v) is 11.1. The van der Waals surface area contributed by atoms with Gasteiger partial charge < -0.3 is 10.2 Å². The molecule has 0 spiro atoms. The molecule has 0 aromatic rings. The van der Waals surface area contributed by atoms with E-state index in [1.165, 1.54) is 19.4 Å². The van der Waals surface area contributed by atoms with Crippen LogP contribution in [0.3, 0.4) is 0 Å². The Kier molecular flexibility index (Phi) is 4.40. The van der Waals surface area contributed by atoms with Crippen molar-refractivity contribution in [1.29, 1.82) is 0 Å². The molecule has 0 radical (unpaired) electrons. The van der Waals surface area contributed by atoms with E-state index in [0.29, 0.717) is 24.4 Å². The molecule has 0 bridgehead atoms. The van der Waals surface area contributed by atoms with Crippen molar-refractivity contribution in [1.82, 2.24) is 15.1 Å². The summed E-state index contributed by atoms with van der Waals surface area (Å²) in [6, 6.07) is 1.18. The molecule has 1 N–H and O–H groups in total. The summed E-state index contributed by atoms with van der Waals surface area (Å²) in [6.07, 6.45) is 3.19. The lowest BCUT2D eigenvalue weighted by Crippen LogP contribution is -2.45. The Morgan fingerprint density at radius 2 is 2.18 bits per heavy atom. The van der Waals surface area contributed by atoms with Gasteiger partial charge in [-0.2, -0.15) is 0 Å². The van der Waals surface area contributed by atoms with E-state index in [-0.39, 0.29) is 0 Å². The molecule has 2 saturated heterocycles. The number of nitrogens with zero attached hydrogens (tertiary/aromatic N) is 2. The summed E-state index contributed by atoms with van der Waals surface area (Å²) in [5, 5.41) is 3.29. The van der Waals surface area contributed by atoms with Crippen LogP contribution < -0.4 is 5.32 Å². The summed E-state index contributed by atoms with van der Waals surface area (Å²) in [7, 11) is 0. The summed E-state index contributed by atoms with van der Waals surface area (Å²) < 4.78 is 0. The quantitative estimate of drug-likeness (QED) is 0.787. The first-order valence-electron chi connectivity index (χ1n) is 6.92. The second-order valence-electron chi connectivity index (χ2n) is 5.47. The van der Waals surface area contributed by atoms with Crippen molar-refractivity contribution >= 4 is 5.91 Å². The summed E-state index contributed by atoms with van der Waals surface area (Å²) in [6.45, 7) is 9.30. The lowest BCUT2D eigenvalue weighted by Gasteiger charge is -2.32. The fourth-order valence-electron chi connectivity index (χ4n) is 3.00. The van der Waals surface area contributed by atoms with E-state index < -0.39 is 0 Å². The van der Waals surface area contributed by atoms with Crippen LogP contribution in [0.1, 0.15) is 33.1 Å². The Hall–Kier alpha value is -0.610. The molecule has 1 atom stereocenters. The molecule has 0 saturated carbocycles.